The summed E-state index contributed by atoms with van der Waals surface area (Å²) in [6, 6.07) is 38.5. The van der Waals surface area contributed by atoms with E-state index in [1.165, 1.54) is 71.4 Å². The Morgan fingerprint density at radius 1 is 0.756 bits per heavy atom. The van der Waals surface area contributed by atoms with E-state index in [2.05, 4.69) is 153 Å². The van der Waals surface area contributed by atoms with Crippen LogP contribution in [0.2, 0.25) is 0 Å². The minimum Gasteiger partial charge on any atom is -0.344 e. The summed E-state index contributed by atoms with van der Waals surface area (Å²) in [6.07, 6.45) is 5.89. The highest BCUT2D eigenvalue weighted by molar-refractivity contribution is 6.09. The van der Waals surface area contributed by atoms with E-state index < -0.39 is 0 Å². The van der Waals surface area contributed by atoms with Crippen LogP contribution in [-0.2, 0) is 12.5 Å². The van der Waals surface area contributed by atoms with Crippen LogP contribution in [-0.4, -0.2) is 10.6 Å². The van der Waals surface area contributed by atoms with Crippen molar-refractivity contribution < 1.29 is 0 Å². The lowest BCUT2D eigenvalue weighted by Crippen LogP contribution is -2.39. The van der Waals surface area contributed by atoms with E-state index in [1.807, 2.05) is 0 Å². The Kier molecular flexibility index (Phi) is 5.16. The van der Waals surface area contributed by atoms with Crippen molar-refractivity contribution in [2.45, 2.75) is 38.6 Å². The molecule has 6 aromatic rings. The molecular formula is C39H34N2. The molecule has 8 rings (SSSR count). The first-order chi connectivity index (χ1) is 19.9. The van der Waals surface area contributed by atoms with E-state index in [1.54, 1.807) is 0 Å². The average molecular weight is 531 g/mol. The van der Waals surface area contributed by atoms with Crippen molar-refractivity contribution in [2.24, 2.45) is 7.05 Å². The number of aromatic nitrogens is 1. The Morgan fingerprint density at radius 2 is 1.46 bits per heavy atom. The molecule has 1 unspecified atom stereocenters. The van der Waals surface area contributed by atoms with Gasteiger partial charge in [-0.15, -0.1) is 0 Å². The highest BCUT2D eigenvalue weighted by Gasteiger charge is 2.38. The van der Waals surface area contributed by atoms with Gasteiger partial charge in [0.15, 0.2) is 0 Å². The second-order valence-corrected chi connectivity index (χ2v) is 12.3. The summed E-state index contributed by atoms with van der Waals surface area (Å²) in [4.78, 5) is 2.59. The molecule has 2 heteroatoms. The zero-order valence-electron chi connectivity index (χ0n) is 24.1. The third kappa shape index (κ3) is 3.43. The van der Waals surface area contributed by atoms with Gasteiger partial charge in [0.05, 0.1) is 6.04 Å². The van der Waals surface area contributed by atoms with Crippen LogP contribution in [0.4, 0.5) is 11.4 Å². The van der Waals surface area contributed by atoms with Gasteiger partial charge >= 0.3 is 0 Å². The third-order valence-electron chi connectivity index (χ3n) is 9.54. The van der Waals surface area contributed by atoms with E-state index in [0.717, 1.165) is 6.42 Å². The molecule has 0 N–H and O–H groups in total. The first kappa shape index (κ1) is 24.3. The lowest BCUT2D eigenvalue weighted by atomic mass is 9.81. The Bertz CT molecular complexity index is 2130. The SMILES string of the molecule is Cc1ccc2c(c1)C(C)(C)c1cc(N(c3ccccc3)C3C=c4c(n(C)c5ccccc45)=CC3)c3ccccc3c1-2. The number of hydrogen-bond acceptors (Lipinski definition) is 1. The van der Waals surface area contributed by atoms with Gasteiger partial charge in [-0.1, -0.05) is 110 Å². The van der Waals surface area contributed by atoms with Crippen LogP contribution in [0, 0.1) is 6.92 Å². The number of benzene rings is 5. The largest absolute Gasteiger partial charge is 0.344 e. The fraction of sp³-hybridized carbons (Fsp3) is 0.179. The maximum atomic E-state index is 2.59. The van der Waals surface area contributed by atoms with Gasteiger partial charge in [-0.3, -0.25) is 0 Å². The fourth-order valence-corrected chi connectivity index (χ4v) is 7.51. The molecule has 1 atom stereocenters. The Morgan fingerprint density at radius 3 is 2.27 bits per heavy atom. The summed E-state index contributed by atoms with van der Waals surface area (Å²) >= 11 is 0. The van der Waals surface area contributed by atoms with Gasteiger partial charge in [0.2, 0.25) is 0 Å². The van der Waals surface area contributed by atoms with Crippen LogP contribution in [0.1, 0.15) is 37.0 Å². The predicted octanol–water partition coefficient (Wildman–Crippen LogP) is 8.12. The summed E-state index contributed by atoms with van der Waals surface area (Å²) in [7, 11) is 2.19. The number of para-hydroxylation sites is 2. The van der Waals surface area contributed by atoms with Gasteiger partial charge in [-0.2, -0.15) is 0 Å². The summed E-state index contributed by atoms with van der Waals surface area (Å²) < 4.78 is 2.34. The topological polar surface area (TPSA) is 8.17 Å². The predicted molar refractivity (Wildman–Crippen MR) is 174 cm³/mol. The second-order valence-electron chi connectivity index (χ2n) is 12.3. The Hall–Kier alpha value is -4.56. The van der Waals surface area contributed by atoms with E-state index in [-0.39, 0.29) is 11.5 Å². The molecule has 0 radical (unpaired) electrons. The minimum atomic E-state index is -0.0803. The Balaban J connectivity index is 1.42. The van der Waals surface area contributed by atoms with Crippen LogP contribution < -0.4 is 15.5 Å². The summed E-state index contributed by atoms with van der Waals surface area (Å²) in [5, 5.41) is 6.62. The normalized spacial score (nSPS) is 16.5. The van der Waals surface area contributed by atoms with E-state index in [0.29, 0.717) is 0 Å². The van der Waals surface area contributed by atoms with Gasteiger partial charge in [0, 0.05) is 50.7 Å². The molecule has 2 nitrogen and oxygen atoms in total. The van der Waals surface area contributed by atoms with Gasteiger partial charge in [0.25, 0.3) is 0 Å². The molecular weight excluding hydrogens is 496 g/mol. The van der Waals surface area contributed by atoms with E-state index >= 15 is 0 Å². The molecule has 2 aliphatic rings. The van der Waals surface area contributed by atoms with E-state index in [4.69, 9.17) is 0 Å². The molecule has 0 saturated carbocycles. The third-order valence-corrected chi connectivity index (χ3v) is 9.54. The van der Waals surface area contributed by atoms with Crippen molar-refractivity contribution in [3.05, 3.63) is 130 Å². The molecule has 41 heavy (non-hydrogen) atoms. The van der Waals surface area contributed by atoms with Crippen LogP contribution in [0.3, 0.4) is 0 Å². The number of nitrogens with zero attached hydrogens (tertiary/aromatic N) is 2. The molecule has 2 aliphatic carbocycles. The van der Waals surface area contributed by atoms with Gasteiger partial charge in [-0.25, -0.2) is 0 Å². The number of aryl methyl sites for hydroxylation is 2. The molecule has 0 fully saturated rings. The highest BCUT2D eigenvalue weighted by atomic mass is 15.2. The maximum absolute atomic E-state index is 2.59. The van der Waals surface area contributed by atoms with Gasteiger partial charge in [-0.05, 0) is 65.3 Å². The minimum absolute atomic E-state index is 0.0803. The average Bonchev–Trinajstić information content (AvgIpc) is 3.41. The zero-order chi connectivity index (χ0) is 27.9. The summed E-state index contributed by atoms with van der Waals surface area (Å²) in [5.41, 5.74) is 10.6. The van der Waals surface area contributed by atoms with Crippen molar-refractivity contribution in [3.8, 4) is 11.1 Å². The van der Waals surface area contributed by atoms with Crippen LogP contribution in [0.15, 0.2) is 103 Å². The standard InChI is InChI=1S/C39H34N2/c1-25-18-20-31-33(22-25)39(2,3)34-24-37(28-14-8-9-16-30(28)38(31)34)41(26-12-6-5-7-13-26)27-19-21-36-32(23-27)29-15-10-11-17-35(29)40(36)4/h5-18,20-24,27H,19H2,1-4H3. The zero-order valence-corrected chi connectivity index (χ0v) is 24.1. The number of rotatable bonds is 3. The molecule has 0 saturated heterocycles. The first-order valence-electron chi connectivity index (χ1n) is 14.7. The van der Waals surface area contributed by atoms with Crippen LogP contribution in [0.5, 0.6) is 0 Å². The van der Waals surface area contributed by atoms with Crippen molar-refractivity contribution >= 4 is 45.2 Å². The highest BCUT2D eigenvalue weighted by Crippen LogP contribution is 2.54. The second kappa shape index (κ2) is 8.72. The van der Waals surface area contributed by atoms with Gasteiger partial charge < -0.3 is 9.47 Å². The molecule has 5 aromatic carbocycles. The van der Waals surface area contributed by atoms with Crippen molar-refractivity contribution in [2.75, 3.05) is 4.90 Å². The maximum Gasteiger partial charge on any atom is 0.0567 e. The summed E-state index contributed by atoms with van der Waals surface area (Å²) in [6.45, 7) is 6.99. The molecule has 0 bridgehead atoms. The lowest BCUT2D eigenvalue weighted by Gasteiger charge is -2.35. The molecule has 200 valence electrons. The fourth-order valence-electron chi connectivity index (χ4n) is 7.51. The smallest absolute Gasteiger partial charge is 0.0567 e. The monoisotopic (exact) mass is 530 g/mol. The number of anilines is 2. The number of fused-ring (bicyclic) bond motifs is 8. The van der Waals surface area contributed by atoms with Gasteiger partial charge in [0.1, 0.15) is 0 Å². The van der Waals surface area contributed by atoms with E-state index in [9.17, 15) is 0 Å². The molecule has 1 aromatic heterocycles. The molecule has 0 amide bonds. The molecule has 1 heterocycles. The van der Waals surface area contributed by atoms with Crippen molar-refractivity contribution in [3.63, 3.8) is 0 Å². The Labute approximate surface area is 241 Å². The lowest BCUT2D eigenvalue weighted by molar-refractivity contribution is 0.659. The quantitative estimate of drug-likeness (QED) is 0.224. The van der Waals surface area contributed by atoms with Crippen molar-refractivity contribution in [1.29, 1.82) is 0 Å². The number of hydrogen-bond donors (Lipinski definition) is 0. The molecule has 0 aliphatic heterocycles. The van der Waals surface area contributed by atoms with Crippen LogP contribution >= 0.6 is 0 Å². The van der Waals surface area contributed by atoms with Crippen LogP contribution in [0.25, 0.3) is 45.0 Å². The summed E-state index contributed by atoms with van der Waals surface area (Å²) in [5.74, 6) is 0. The van der Waals surface area contributed by atoms with Crippen molar-refractivity contribution in [1.82, 2.24) is 4.57 Å². The molecule has 0 spiro atoms. The first-order valence-corrected chi connectivity index (χ1v) is 14.7.